The summed E-state index contributed by atoms with van der Waals surface area (Å²) in [7, 11) is -4.01. The van der Waals surface area contributed by atoms with Crippen LogP contribution in [0.2, 0.25) is 0 Å². The van der Waals surface area contributed by atoms with Crippen LogP contribution in [-0.4, -0.2) is 38.4 Å². The lowest BCUT2D eigenvalue weighted by molar-refractivity contribution is 0.309. The number of piperazine rings is 1. The number of nitrogens with one attached hydrogen (secondary N) is 1. The lowest BCUT2D eigenvalue weighted by Crippen LogP contribution is -2.51. The Morgan fingerprint density at radius 3 is 2.68 bits per heavy atom. The molecule has 1 N–H and O–H groups in total. The third-order valence-corrected chi connectivity index (χ3v) is 5.41. The van der Waals surface area contributed by atoms with Crippen LogP contribution in [0, 0.1) is 11.6 Å². The minimum Gasteiger partial charge on any atom is -0.312 e. The number of hydrogen-bond acceptors (Lipinski definition) is 3. The van der Waals surface area contributed by atoms with Crippen LogP contribution in [0.3, 0.4) is 0 Å². The predicted octanol–water partition coefficient (Wildman–Crippen LogP) is 1.71. The van der Waals surface area contributed by atoms with E-state index in [2.05, 4.69) is 21.2 Å². The molecule has 1 atom stereocenters. The van der Waals surface area contributed by atoms with E-state index in [9.17, 15) is 17.2 Å². The molecule has 1 aromatic rings. The quantitative estimate of drug-likeness (QED) is 0.822. The Balaban J connectivity index is 2.42. The summed E-state index contributed by atoms with van der Waals surface area (Å²) in [4.78, 5) is -0.623. The summed E-state index contributed by atoms with van der Waals surface area (Å²) in [6.45, 7) is 2.80. The van der Waals surface area contributed by atoms with Gasteiger partial charge >= 0.3 is 0 Å². The van der Waals surface area contributed by atoms with Crippen molar-refractivity contribution in [2.45, 2.75) is 17.9 Å². The number of hydrogen-bond donors (Lipinski definition) is 1. The van der Waals surface area contributed by atoms with Gasteiger partial charge in [0.25, 0.3) is 0 Å². The summed E-state index contributed by atoms with van der Waals surface area (Å²) >= 11 is 2.82. The van der Waals surface area contributed by atoms with Gasteiger partial charge in [-0.25, -0.2) is 17.2 Å². The molecule has 0 aliphatic carbocycles. The van der Waals surface area contributed by atoms with E-state index in [1.807, 2.05) is 6.92 Å². The van der Waals surface area contributed by atoms with Crippen molar-refractivity contribution < 1.29 is 17.2 Å². The molecule has 0 radical (unpaired) electrons. The van der Waals surface area contributed by atoms with Crippen molar-refractivity contribution >= 4 is 26.0 Å². The molecule has 1 fully saturated rings. The first-order chi connectivity index (χ1) is 8.82. The molecule has 0 amide bonds. The molecule has 1 heterocycles. The number of nitrogens with zero attached hydrogens (tertiary/aromatic N) is 1. The molecule has 0 bridgehead atoms. The van der Waals surface area contributed by atoms with Crippen molar-refractivity contribution in [1.29, 1.82) is 0 Å². The molecule has 1 saturated heterocycles. The van der Waals surface area contributed by atoms with Gasteiger partial charge in [0.1, 0.15) is 16.5 Å². The van der Waals surface area contributed by atoms with Crippen LogP contribution in [-0.2, 0) is 10.0 Å². The van der Waals surface area contributed by atoms with Gasteiger partial charge in [0.15, 0.2) is 0 Å². The van der Waals surface area contributed by atoms with Gasteiger partial charge < -0.3 is 5.32 Å². The van der Waals surface area contributed by atoms with Crippen molar-refractivity contribution in [1.82, 2.24) is 9.62 Å². The highest BCUT2D eigenvalue weighted by atomic mass is 79.9. The summed E-state index contributed by atoms with van der Waals surface area (Å²) in [6, 6.07) is 1.52. The van der Waals surface area contributed by atoms with Crippen molar-refractivity contribution in [3.8, 4) is 0 Å². The van der Waals surface area contributed by atoms with Crippen LogP contribution >= 0.6 is 15.9 Å². The molecule has 1 aromatic carbocycles. The molecule has 1 unspecified atom stereocenters. The topological polar surface area (TPSA) is 49.4 Å². The maximum Gasteiger partial charge on any atom is 0.246 e. The number of rotatable bonds is 2. The van der Waals surface area contributed by atoms with Gasteiger partial charge in [-0.3, -0.25) is 0 Å². The summed E-state index contributed by atoms with van der Waals surface area (Å²) in [5.74, 6) is -1.76. The summed E-state index contributed by atoms with van der Waals surface area (Å²) in [6.07, 6.45) is 0. The zero-order valence-corrected chi connectivity index (χ0v) is 12.6. The standard InChI is InChI=1S/C11H13BrF2N2O2S/c1-7-6-16(3-2-15-7)19(17,18)11-5-9(13)8(12)4-10(11)14/h4-5,7,15H,2-3,6H2,1H3. The first kappa shape index (κ1) is 14.8. The monoisotopic (exact) mass is 354 g/mol. The third-order valence-electron chi connectivity index (χ3n) is 2.92. The van der Waals surface area contributed by atoms with Crippen molar-refractivity contribution in [2.24, 2.45) is 0 Å². The SMILES string of the molecule is CC1CN(S(=O)(=O)c2cc(F)c(Br)cc2F)CCN1. The fourth-order valence-electron chi connectivity index (χ4n) is 1.96. The fourth-order valence-corrected chi connectivity index (χ4v) is 3.86. The zero-order valence-electron chi connectivity index (χ0n) is 10.2. The summed E-state index contributed by atoms with van der Waals surface area (Å²) in [5, 5.41) is 3.09. The summed E-state index contributed by atoms with van der Waals surface area (Å²) in [5.41, 5.74) is 0. The molecule has 1 aliphatic rings. The first-order valence-electron chi connectivity index (χ1n) is 5.70. The lowest BCUT2D eigenvalue weighted by atomic mass is 10.3. The number of halogens is 3. The minimum absolute atomic E-state index is 0.0214. The maximum atomic E-state index is 13.8. The second-order valence-electron chi connectivity index (χ2n) is 4.41. The fraction of sp³-hybridized carbons (Fsp3) is 0.455. The number of sulfonamides is 1. The second kappa shape index (κ2) is 5.43. The molecule has 4 nitrogen and oxygen atoms in total. The van der Waals surface area contributed by atoms with E-state index in [4.69, 9.17) is 0 Å². The molecule has 8 heteroatoms. The molecular weight excluding hydrogens is 342 g/mol. The zero-order chi connectivity index (χ0) is 14.2. The van der Waals surface area contributed by atoms with Gasteiger partial charge in [-0.2, -0.15) is 4.31 Å². The molecule has 0 saturated carbocycles. The van der Waals surface area contributed by atoms with Crippen molar-refractivity contribution in [3.63, 3.8) is 0 Å². The first-order valence-corrected chi connectivity index (χ1v) is 7.94. The molecule has 1 aliphatic heterocycles. The highest BCUT2D eigenvalue weighted by Crippen LogP contribution is 2.26. The molecule has 19 heavy (non-hydrogen) atoms. The van der Waals surface area contributed by atoms with Crippen molar-refractivity contribution in [3.05, 3.63) is 28.2 Å². The molecule has 0 spiro atoms. The Labute approximate surface area is 119 Å². The lowest BCUT2D eigenvalue weighted by Gasteiger charge is -2.31. The van der Waals surface area contributed by atoms with Crippen LogP contribution in [0.1, 0.15) is 6.92 Å². The average molecular weight is 355 g/mol. The Kier molecular flexibility index (Phi) is 4.24. The van der Waals surface area contributed by atoms with E-state index >= 15 is 0 Å². The maximum absolute atomic E-state index is 13.8. The molecule has 2 rings (SSSR count). The van der Waals surface area contributed by atoms with E-state index in [1.54, 1.807) is 0 Å². The van der Waals surface area contributed by atoms with Gasteiger partial charge in [-0.1, -0.05) is 0 Å². The highest BCUT2D eigenvalue weighted by molar-refractivity contribution is 9.10. The van der Waals surface area contributed by atoms with Crippen LogP contribution in [0.25, 0.3) is 0 Å². The normalized spacial score (nSPS) is 21.6. The van der Waals surface area contributed by atoms with Crippen LogP contribution < -0.4 is 5.32 Å². The Hall–Kier alpha value is -0.570. The van der Waals surface area contributed by atoms with Gasteiger partial charge in [0.2, 0.25) is 10.0 Å². The second-order valence-corrected chi connectivity index (χ2v) is 7.18. The molecule has 106 valence electrons. The van der Waals surface area contributed by atoms with Gasteiger partial charge in [0, 0.05) is 25.7 Å². The highest BCUT2D eigenvalue weighted by Gasteiger charge is 2.31. The summed E-state index contributed by atoms with van der Waals surface area (Å²) < 4.78 is 52.8. The van der Waals surface area contributed by atoms with Gasteiger partial charge in [-0.15, -0.1) is 0 Å². The largest absolute Gasteiger partial charge is 0.312 e. The van der Waals surface area contributed by atoms with Crippen LogP contribution in [0.5, 0.6) is 0 Å². The van der Waals surface area contributed by atoms with E-state index < -0.39 is 26.6 Å². The van der Waals surface area contributed by atoms with E-state index in [0.717, 1.165) is 6.07 Å². The number of benzene rings is 1. The van der Waals surface area contributed by atoms with E-state index in [1.165, 1.54) is 4.31 Å². The van der Waals surface area contributed by atoms with Crippen LogP contribution in [0.4, 0.5) is 8.78 Å². The van der Waals surface area contributed by atoms with E-state index in [-0.39, 0.29) is 23.6 Å². The Morgan fingerprint density at radius 2 is 2.05 bits per heavy atom. The van der Waals surface area contributed by atoms with Gasteiger partial charge in [-0.05, 0) is 35.0 Å². The Morgan fingerprint density at radius 1 is 1.37 bits per heavy atom. The van der Waals surface area contributed by atoms with Crippen LogP contribution in [0.15, 0.2) is 21.5 Å². The average Bonchev–Trinajstić information content (AvgIpc) is 2.33. The minimum atomic E-state index is -4.01. The molecule has 0 aromatic heterocycles. The van der Waals surface area contributed by atoms with Crippen molar-refractivity contribution in [2.75, 3.05) is 19.6 Å². The van der Waals surface area contributed by atoms with Gasteiger partial charge in [0.05, 0.1) is 4.47 Å². The van der Waals surface area contributed by atoms with E-state index in [0.29, 0.717) is 12.6 Å². The smallest absolute Gasteiger partial charge is 0.246 e. The Bertz CT molecular complexity index is 595. The third kappa shape index (κ3) is 2.96. The predicted molar refractivity (Wildman–Crippen MR) is 70.3 cm³/mol. The molecular formula is C11H13BrF2N2O2S.